The summed E-state index contributed by atoms with van der Waals surface area (Å²) in [4.78, 5) is 0. The quantitative estimate of drug-likeness (QED) is 0.887. The molecule has 0 bridgehead atoms. The third-order valence-electron chi connectivity index (χ3n) is 3.59. The van der Waals surface area contributed by atoms with Gasteiger partial charge in [0.15, 0.2) is 0 Å². The fraction of sp³-hybridized carbons (Fsp3) is 0.294. The summed E-state index contributed by atoms with van der Waals surface area (Å²) in [5.41, 5.74) is 2.44. The Hall–Kier alpha value is -2.36. The number of methoxy groups -OCH3 is 2. The zero-order valence-electron chi connectivity index (χ0n) is 12.5. The van der Waals surface area contributed by atoms with E-state index in [1.54, 1.807) is 33.3 Å². The van der Waals surface area contributed by atoms with Crippen molar-refractivity contribution in [1.29, 1.82) is 0 Å². The lowest BCUT2D eigenvalue weighted by atomic mass is 10.0. The monoisotopic (exact) mass is 288 g/mol. The van der Waals surface area contributed by atoms with Crippen LogP contribution in [0.15, 0.2) is 30.3 Å². The van der Waals surface area contributed by atoms with Crippen LogP contribution < -0.4 is 9.47 Å². The van der Waals surface area contributed by atoms with Crippen molar-refractivity contribution in [2.24, 2.45) is 0 Å². The molecule has 0 atom stereocenters. The fourth-order valence-electron chi connectivity index (χ4n) is 2.22. The molecule has 0 radical (unpaired) electrons. The second-order valence-corrected chi connectivity index (χ2v) is 4.94. The molecule has 4 heteroatoms. The first-order chi connectivity index (χ1) is 10.0. The highest BCUT2D eigenvalue weighted by Crippen LogP contribution is 2.30. The Morgan fingerprint density at radius 3 is 2.14 bits per heavy atom. The molecule has 0 heterocycles. The zero-order chi connectivity index (χ0) is 15.4. The van der Waals surface area contributed by atoms with Gasteiger partial charge in [0.05, 0.1) is 14.2 Å². The lowest BCUT2D eigenvalue weighted by molar-refractivity contribution is 0.391. The zero-order valence-corrected chi connectivity index (χ0v) is 12.5. The third-order valence-corrected chi connectivity index (χ3v) is 3.59. The fourth-order valence-corrected chi connectivity index (χ4v) is 2.22. The van der Waals surface area contributed by atoms with Crippen LogP contribution in [0.25, 0.3) is 0 Å². The third kappa shape index (κ3) is 3.40. The number of ether oxygens (including phenoxy) is 2. The van der Waals surface area contributed by atoms with Crippen molar-refractivity contribution in [3.8, 4) is 23.0 Å². The highest BCUT2D eigenvalue weighted by Gasteiger charge is 2.08. The van der Waals surface area contributed by atoms with Crippen LogP contribution in [-0.2, 0) is 12.8 Å². The summed E-state index contributed by atoms with van der Waals surface area (Å²) in [6.45, 7) is 1.68. The minimum absolute atomic E-state index is 0.117. The highest BCUT2D eigenvalue weighted by molar-refractivity contribution is 5.46. The molecule has 2 rings (SSSR count). The molecule has 0 aliphatic heterocycles. The second kappa shape index (κ2) is 6.39. The molecule has 0 fully saturated rings. The number of aromatic hydroxyl groups is 2. The van der Waals surface area contributed by atoms with Crippen LogP contribution in [-0.4, -0.2) is 24.4 Å². The Labute approximate surface area is 124 Å². The van der Waals surface area contributed by atoms with E-state index in [0.29, 0.717) is 12.0 Å². The molecule has 2 N–H and O–H groups in total. The first kappa shape index (κ1) is 15.0. The SMILES string of the molecule is COc1ccc(CCc2cc(O)c(C)c(O)c2)c(OC)c1. The van der Waals surface area contributed by atoms with Gasteiger partial charge in [0, 0.05) is 11.6 Å². The van der Waals surface area contributed by atoms with E-state index in [4.69, 9.17) is 9.47 Å². The molecule has 21 heavy (non-hydrogen) atoms. The summed E-state index contributed by atoms with van der Waals surface area (Å²) in [6.07, 6.45) is 1.44. The van der Waals surface area contributed by atoms with Gasteiger partial charge in [-0.1, -0.05) is 6.07 Å². The van der Waals surface area contributed by atoms with Crippen LogP contribution in [0.2, 0.25) is 0 Å². The van der Waals surface area contributed by atoms with E-state index in [2.05, 4.69) is 0 Å². The molecule has 0 spiro atoms. The van der Waals surface area contributed by atoms with Crippen molar-refractivity contribution in [1.82, 2.24) is 0 Å². The normalized spacial score (nSPS) is 10.4. The number of rotatable bonds is 5. The summed E-state index contributed by atoms with van der Waals surface area (Å²) in [5, 5.41) is 19.5. The molecule has 2 aromatic carbocycles. The van der Waals surface area contributed by atoms with Gasteiger partial charge in [-0.05, 0) is 49.1 Å². The first-order valence-corrected chi connectivity index (χ1v) is 6.77. The van der Waals surface area contributed by atoms with Gasteiger partial charge in [0.2, 0.25) is 0 Å². The number of phenolic OH excluding ortho intramolecular Hbond substituents is 2. The summed E-state index contributed by atoms with van der Waals surface area (Å²) in [6, 6.07) is 9.07. The van der Waals surface area contributed by atoms with Crippen LogP contribution in [0.1, 0.15) is 16.7 Å². The predicted molar refractivity (Wildman–Crippen MR) is 81.5 cm³/mol. The summed E-state index contributed by atoms with van der Waals surface area (Å²) in [5.74, 6) is 1.76. The van der Waals surface area contributed by atoms with Gasteiger partial charge in [0.1, 0.15) is 23.0 Å². The van der Waals surface area contributed by atoms with Crippen LogP contribution in [0.3, 0.4) is 0 Å². The molecular weight excluding hydrogens is 268 g/mol. The first-order valence-electron chi connectivity index (χ1n) is 6.77. The molecule has 0 saturated heterocycles. The average molecular weight is 288 g/mol. The number of hydrogen-bond donors (Lipinski definition) is 2. The van der Waals surface area contributed by atoms with Crippen molar-refractivity contribution in [2.45, 2.75) is 19.8 Å². The minimum atomic E-state index is 0.117. The summed E-state index contributed by atoms with van der Waals surface area (Å²) in [7, 11) is 3.24. The Kier molecular flexibility index (Phi) is 4.58. The van der Waals surface area contributed by atoms with E-state index in [-0.39, 0.29) is 11.5 Å². The van der Waals surface area contributed by atoms with E-state index in [0.717, 1.165) is 29.0 Å². The van der Waals surface area contributed by atoms with Crippen molar-refractivity contribution < 1.29 is 19.7 Å². The van der Waals surface area contributed by atoms with Gasteiger partial charge >= 0.3 is 0 Å². The van der Waals surface area contributed by atoms with E-state index in [9.17, 15) is 10.2 Å². The molecular formula is C17H20O4. The second-order valence-electron chi connectivity index (χ2n) is 4.94. The van der Waals surface area contributed by atoms with Gasteiger partial charge in [-0.15, -0.1) is 0 Å². The molecule has 4 nitrogen and oxygen atoms in total. The maximum absolute atomic E-state index is 9.75. The largest absolute Gasteiger partial charge is 0.508 e. The van der Waals surface area contributed by atoms with E-state index in [1.165, 1.54) is 0 Å². The number of aryl methyl sites for hydroxylation is 2. The molecule has 0 aromatic heterocycles. The van der Waals surface area contributed by atoms with E-state index < -0.39 is 0 Å². The summed E-state index contributed by atoms with van der Waals surface area (Å²) >= 11 is 0. The van der Waals surface area contributed by atoms with Crippen molar-refractivity contribution in [2.75, 3.05) is 14.2 Å². The number of phenols is 2. The lowest BCUT2D eigenvalue weighted by Gasteiger charge is -2.11. The lowest BCUT2D eigenvalue weighted by Crippen LogP contribution is -1.97. The van der Waals surface area contributed by atoms with Crippen LogP contribution in [0.4, 0.5) is 0 Å². The van der Waals surface area contributed by atoms with Crippen LogP contribution >= 0.6 is 0 Å². The van der Waals surface area contributed by atoms with Gasteiger partial charge in [-0.2, -0.15) is 0 Å². The molecule has 0 aliphatic rings. The van der Waals surface area contributed by atoms with Crippen molar-refractivity contribution in [3.05, 3.63) is 47.0 Å². The Bertz CT molecular complexity index is 612. The smallest absolute Gasteiger partial charge is 0.125 e. The van der Waals surface area contributed by atoms with E-state index in [1.807, 2.05) is 18.2 Å². The highest BCUT2D eigenvalue weighted by atomic mass is 16.5. The Balaban J connectivity index is 2.16. The maximum atomic E-state index is 9.75. The van der Waals surface area contributed by atoms with Crippen molar-refractivity contribution in [3.63, 3.8) is 0 Å². The van der Waals surface area contributed by atoms with E-state index >= 15 is 0 Å². The summed E-state index contributed by atoms with van der Waals surface area (Å²) < 4.78 is 10.5. The number of benzene rings is 2. The molecule has 0 saturated carbocycles. The molecule has 0 amide bonds. The number of hydrogen-bond acceptors (Lipinski definition) is 4. The Morgan fingerprint density at radius 1 is 0.905 bits per heavy atom. The van der Waals surface area contributed by atoms with Gasteiger partial charge in [-0.3, -0.25) is 0 Å². The van der Waals surface area contributed by atoms with Crippen LogP contribution in [0.5, 0.6) is 23.0 Å². The topological polar surface area (TPSA) is 58.9 Å². The van der Waals surface area contributed by atoms with Gasteiger partial charge in [-0.25, -0.2) is 0 Å². The van der Waals surface area contributed by atoms with Gasteiger partial charge in [0.25, 0.3) is 0 Å². The maximum Gasteiger partial charge on any atom is 0.125 e. The van der Waals surface area contributed by atoms with Gasteiger partial charge < -0.3 is 19.7 Å². The van der Waals surface area contributed by atoms with Crippen molar-refractivity contribution >= 4 is 0 Å². The molecule has 2 aromatic rings. The molecule has 112 valence electrons. The standard InChI is InChI=1S/C17H20O4/c1-11-15(18)8-12(9-16(11)19)4-5-13-6-7-14(20-2)10-17(13)21-3/h6-10,18-19H,4-5H2,1-3H3. The predicted octanol–water partition coefficient (Wildman–Crippen LogP) is 3.21. The molecule has 0 aliphatic carbocycles. The minimum Gasteiger partial charge on any atom is -0.508 e. The Morgan fingerprint density at radius 2 is 1.57 bits per heavy atom. The molecule has 0 unspecified atom stereocenters. The average Bonchev–Trinajstić information content (AvgIpc) is 2.50. The van der Waals surface area contributed by atoms with Crippen LogP contribution in [0, 0.1) is 6.92 Å².